The highest BCUT2D eigenvalue weighted by Gasteiger charge is 2.68. The van der Waals surface area contributed by atoms with Crippen LogP contribution in [-0.2, 0) is 0 Å². The van der Waals surface area contributed by atoms with Crippen LogP contribution in [0.1, 0.15) is 40.0 Å². The summed E-state index contributed by atoms with van der Waals surface area (Å²) in [5.41, 5.74) is 0.0920. The molecule has 0 spiro atoms. The molecule has 2 aliphatic carbocycles. The fourth-order valence-electron chi connectivity index (χ4n) is 3.45. The van der Waals surface area contributed by atoms with Crippen LogP contribution in [0.5, 0.6) is 0 Å². The van der Waals surface area contributed by atoms with E-state index in [1.54, 1.807) is 0 Å². The third-order valence-corrected chi connectivity index (χ3v) is 5.25. The molecular weight excluding hydrogens is 160 g/mol. The molecule has 1 N–H and O–H groups in total. The van der Waals surface area contributed by atoms with Crippen LogP contribution in [0.3, 0.4) is 0 Å². The van der Waals surface area contributed by atoms with Crippen molar-refractivity contribution in [3.05, 3.63) is 0 Å². The quantitative estimate of drug-likeness (QED) is 0.564. The zero-order chi connectivity index (χ0) is 9.91. The molecule has 1 heteroatoms. The molecule has 72 valence electrons. The van der Waals surface area contributed by atoms with Gasteiger partial charge in [0.05, 0.1) is 6.10 Å². The van der Waals surface area contributed by atoms with E-state index in [2.05, 4.69) is 26.7 Å². The Morgan fingerprint density at radius 3 is 2.15 bits per heavy atom. The van der Waals surface area contributed by atoms with Crippen LogP contribution in [0.15, 0.2) is 0 Å². The Kier molecular flexibility index (Phi) is 1.48. The standard InChI is InChI=1S/C12H18O/c1-5-12-7-6-11(4,9(13)8-12)10(12,2)3/h1,9,13H,6-8H2,2-4H3/t9-,11+,12-/m0/s1. The average molecular weight is 178 g/mol. The van der Waals surface area contributed by atoms with Crippen molar-refractivity contribution in [1.29, 1.82) is 0 Å². The minimum Gasteiger partial charge on any atom is -0.392 e. The van der Waals surface area contributed by atoms with Gasteiger partial charge >= 0.3 is 0 Å². The average Bonchev–Trinajstić information content (AvgIpc) is 2.34. The van der Waals surface area contributed by atoms with Crippen molar-refractivity contribution in [3.63, 3.8) is 0 Å². The minimum atomic E-state index is -0.202. The molecule has 0 aromatic heterocycles. The maximum absolute atomic E-state index is 10.0. The Morgan fingerprint density at radius 2 is 1.92 bits per heavy atom. The molecule has 3 atom stereocenters. The largest absolute Gasteiger partial charge is 0.392 e. The molecule has 2 aliphatic rings. The molecule has 0 aromatic rings. The Hall–Kier alpha value is -0.480. The van der Waals surface area contributed by atoms with Crippen molar-refractivity contribution in [3.8, 4) is 12.3 Å². The van der Waals surface area contributed by atoms with Gasteiger partial charge in [0.2, 0.25) is 0 Å². The summed E-state index contributed by atoms with van der Waals surface area (Å²) in [6, 6.07) is 0. The van der Waals surface area contributed by atoms with Crippen LogP contribution < -0.4 is 0 Å². The first kappa shape index (κ1) is 9.09. The van der Waals surface area contributed by atoms with Gasteiger partial charge in [0.1, 0.15) is 0 Å². The monoisotopic (exact) mass is 178 g/mol. The molecule has 2 rings (SSSR count). The van der Waals surface area contributed by atoms with Gasteiger partial charge in [-0.2, -0.15) is 0 Å². The molecule has 13 heavy (non-hydrogen) atoms. The van der Waals surface area contributed by atoms with E-state index in [1.165, 1.54) is 0 Å². The molecule has 0 aromatic carbocycles. The summed E-state index contributed by atoms with van der Waals surface area (Å²) in [4.78, 5) is 0. The first-order valence-electron chi connectivity index (χ1n) is 5.05. The number of terminal acetylenes is 1. The molecule has 0 unspecified atom stereocenters. The van der Waals surface area contributed by atoms with Gasteiger partial charge in [-0.1, -0.05) is 26.7 Å². The van der Waals surface area contributed by atoms with Crippen molar-refractivity contribution in [2.24, 2.45) is 16.2 Å². The second-order valence-corrected chi connectivity index (χ2v) is 5.49. The van der Waals surface area contributed by atoms with E-state index in [0.29, 0.717) is 0 Å². The molecule has 1 nitrogen and oxygen atoms in total. The third-order valence-electron chi connectivity index (χ3n) is 5.25. The number of hydrogen-bond acceptors (Lipinski definition) is 1. The lowest BCUT2D eigenvalue weighted by Gasteiger charge is -2.38. The molecule has 2 saturated carbocycles. The molecule has 2 bridgehead atoms. The summed E-state index contributed by atoms with van der Waals surface area (Å²) < 4.78 is 0. The van der Waals surface area contributed by atoms with E-state index < -0.39 is 0 Å². The van der Waals surface area contributed by atoms with E-state index in [-0.39, 0.29) is 22.3 Å². The molecule has 0 amide bonds. The van der Waals surface area contributed by atoms with Crippen molar-refractivity contribution in [2.45, 2.75) is 46.1 Å². The van der Waals surface area contributed by atoms with Crippen molar-refractivity contribution in [2.75, 3.05) is 0 Å². The van der Waals surface area contributed by atoms with Gasteiger partial charge in [0.15, 0.2) is 0 Å². The van der Waals surface area contributed by atoms with Gasteiger partial charge in [0, 0.05) is 10.8 Å². The van der Waals surface area contributed by atoms with Crippen LogP contribution >= 0.6 is 0 Å². The lowest BCUT2D eigenvalue weighted by atomic mass is 9.65. The number of hydrogen-bond donors (Lipinski definition) is 1. The maximum Gasteiger partial charge on any atom is 0.0614 e. The van der Waals surface area contributed by atoms with E-state index in [1.807, 2.05) is 0 Å². The third kappa shape index (κ3) is 0.704. The highest BCUT2D eigenvalue weighted by molar-refractivity contribution is 5.27. The Labute approximate surface area is 80.5 Å². The van der Waals surface area contributed by atoms with E-state index >= 15 is 0 Å². The summed E-state index contributed by atoms with van der Waals surface area (Å²) in [5, 5.41) is 10.0. The predicted octanol–water partition coefficient (Wildman–Crippen LogP) is 2.20. The zero-order valence-corrected chi connectivity index (χ0v) is 8.72. The van der Waals surface area contributed by atoms with Gasteiger partial charge in [-0.25, -0.2) is 0 Å². The SMILES string of the molecule is C#C[C@]12CC[C@](C)([C@@H](O)C1)C2(C)C. The highest BCUT2D eigenvalue weighted by atomic mass is 16.3. The second kappa shape index (κ2) is 2.12. The fourth-order valence-corrected chi connectivity index (χ4v) is 3.45. The summed E-state index contributed by atoms with van der Waals surface area (Å²) in [6.45, 7) is 6.62. The lowest BCUT2D eigenvalue weighted by Crippen LogP contribution is -2.36. The van der Waals surface area contributed by atoms with E-state index in [9.17, 15) is 5.11 Å². The van der Waals surface area contributed by atoms with Gasteiger partial charge < -0.3 is 5.11 Å². The second-order valence-electron chi connectivity index (χ2n) is 5.49. The summed E-state index contributed by atoms with van der Waals surface area (Å²) in [5.74, 6) is 2.95. The zero-order valence-electron chi connectivity index (χ0n) is 8.72. The molecule has 0 heterocycles. The lowest BCUT2D eigenvalue weighted by molar-refractivity contribution is 0.0121. The molecule has 2 fully saturated rings. The van der Waals surface area contributed by atoms with Crippen molar-refractivity contribution < 1.29 is 5.11 Å². The molecule has 0 aliphatic heterocycles. The van der Waals surface area contributed by atoms with Crippen LogP contribution in [0, 0.1) is 28.6 Å². The van der Waals surface area contributed by atoms with Crippen molar-refractivity contribution >= 4 is 0 Å². The number of aliphatic hydroxyl groups is 1. The van der Waals surface area contributed by atoms with Gasteiger partial charge in [-0.05, 0) is 24.7 Å². The van der Waals surface area contributed by atoms with E-state index in [4.69, 9.17) is 6.42 Å². The Bertz CT molecular complexity index is 286. The van der Waals surface area contributed by atoms with Gasteiger partial charge in [-0.3, -0.25) is 0 Å². The Morgan fingerprint density at radius 1 is 1.31 bits per heavy atom. The first-order valence-corrected chi connectivity index (χ1v) is 5.05. The molecule has 0 saturated heterocycles. The topological polar surface area (TPSA) is 20.2 Å². The summed E-state index contributed by atoms with van der Waals surface area (Å²) >= 11 is 0. The van der Waals surface area contributed by atoms with Gasteiger partial charge in [-0.15, -0.1) is 6.42 Å². The minimum absolute atomic E-state index is 0.0405. The smallest absolute Gasteiger partial charge is 0.0614 e. The predicted molar refractivity (Wildman–Crippen MR) is 53.0 cm³/mol. The normalized spacial score (nSPS) is 52.1. The highest BCUT2D eigenvalue weighted by Crippen LogP contribution is 2.71. The van der Waals surface area contributed by atoms with Crippen LogP contribution in [0.4, 0.5) is 0 Å². The fraction of sp³-hybridized carbons (Fsp3) is 0.833. The number of fused-ring (bicyclic) bond motifs is 2. The molecular formula is C12H18O. The summed E-state index contributed by atoms with van der Waals surface area (Å²) in [7, 11) is 0. The maximum atomic E-state index is 10.0. The summed E-state index contributed by atoms with van der Waals surface area (Å²) in [6.07, 6.45) is 8.40. The van der Waals surface area contributed by atoms with Crippen LogP contribution in [-0.4, -0.2) is 11.2 Å². The van der Waals surface area contributed by atoms with Crippen molar-refractivity contribution in [1.82, 2.24) is 0 Å². The molecule has 0 radical (unpaired) electrons. The Balaban J connectivity index is 2.54. The van der Waals surface area contributed by atoms with E-state index in [0.717, 1.165) is 19.3 Å². The van der Waals surface area contributed by atoms with Gasteiger partial charge in [0.25, 0.3) is 0 Å². The number of rotatable bonds is 0. The number of aliphatic hydroxyl groups excluding tert-OH is 1. The first-order chi connectivity index (χ1) is 5.90. The van der Waals surface area contributed by atoms with Crippen LogP contribution in [0.25, 0.3) is 0 Å². The van der Waals surface area contributed by atoms with Crippen LogP contribution in [0.2, 0.25) is 0 Å².